The third kappa shape index (κ3) is 2.63. The van der Waals surface area contributed by atoms with Crippen molar-refractivity contribution in [1.29, 1.82) is 0 Å². The van der Waals surface area contributed by atoms with Crippen molar-refractivity contribution in [3.05, 3.63) is 0 Å². The summed E-state index contributed by atoms with van der Waals surface area (Å²) in [5, 5.41) is 0. The van der Waals surface area contributed by atoms with Crippen LogP contribution in [0.2, 0.25) is 0 Å². The van der Waals surface area contributed by atoms with Gasteiger partial charge in [-0.2, -0.15) is 0 Å². The number of rotatable bonds is 3. The highest BCUT2D eigenvalue weighted by atomic mass is 16.6. The second-order valence-corrected chi connectivity index (χ2v) is 4.75. The van der Waals surface area contributed by atoms with Crippen LogP contribution in [0.25, 0.3) is 0 Å². The maximum absolute atomic E-state index is 11.2. The number of fused-ring (bicyclic) bond motifs is 1. The van der Waals surface area contributed by atoms with Crippen molar-refractivity contribution in [2.45, 2.75) is 38.9 Å². The van der Waals surface area contributed by atoms with E-state index in [1.54, 1.807) is 0 Å². The first kappa shape index (κ1) is 12.9. The fourth-order valence-electron chi connectivity index (χ4n) is 2.75. The van der Waals surface area contributed by atoms with Crippen LogP contribution in [-0.4, -0.2) is 36.7 Å². The predicted molar refractivity (Wildman–Crippen MR) is 58.3 cm³/mol. The SMILES string of the molecule is CC(=O)OCC1C(OC(C)=O)CC2OC(=O)C[C@H]21. The van der Waals surface area contributed by atoms with Gasteiger partial charge in [0.05, 0.1) is 13.0 Å². The highest BCUT2D eigenvalue weighted by Crippen LogP contribution is 2.42. The molecular formula is C12H16O6. The lowest BCUT2D eigenvalue weighted by atomic mass is 9.93. The summed E-state index contributed by atoms with van der Waals surface area (Å²) in [6.45, 7) is 2.82. The van der Waals surface area contributed by atoms with Crippen LogP contribution in [0.1, 0.15) is 26.7 Å². The fraction of sp³-hybridized carbons (Fsp3) is 0.750. The molecule has 0 radical (unpaired) electrons. The summed E-state index contributed by atoms with van der Waals surface area (Å²) < 4.78 is 15.4. The van der Waals surface area contributed by atoms with Crippen molar-refractivity contribution in [2.75, 3.05) is 6.61 Å². The van der Waals surface area contributed by atoms with Gasteiger partial charge in [-0.05, 0) is 0 Å². The number of hydrogen-bond donors (Lipinski definition) is 0. The van der Waals surface area contributed by atoms with Gasteiger partial charge in [0.2, 0.25) is 0 Å². The van der Waals surface area contributed by atoms with E-state index in [9.17, 15) is 14.4 Å². The molecule has 4 atom stereocenters. The molecule has 0 bridgehead atoms. The van der Waals surface area contributed by atoms with Crippen LogP contribution in [0.4, 0.5) is 0 Å². The minimum absolute atomic E-state index is 0.0267. The van der Waals surface area contributed by atoms with Crippen molar-refractivity contribution >= 4 is 17.9 Å². The smallest absolute Gasteiger partial charge is 0.306 e. The van der Waals surface area contributed by atoms with E-state index >= 15 is 0 Å². The molecule has 6 nitrogen and oxygen atoms in total. The van der Waals surface area contributed by atoms with Crippen molar-refractivity contribution in [1.82, 2.24) is 0 Å². The van der Waals surface area contributed by atoms with E-state index in [1.807, 2.05) is 0 Å². The maximum atomic E-state index is 11.2. The monoisotopic (exact) mass is 256 g/mol. The summed E-state index contributed by atoms with van der Waals surface area (Å²) in [5.41, 5.74) is 0. The highest BCUT2D eigenvalue weighted by Gasteiger charge is 2.51. The quantitative estimate of drug-likeness (QED) is 0.538. The molecule has 1 aliphatic carbocycles. The number of esters is 3. The van der Waals surface area contributed by atoms with Gasteiger partial charge in [0, 0.05) is 32.1 Å². The van der Waals surface area contributed by atoms with E-state index < -0.39 is 0 Å². The highest BCUT2D eigenvalue weighted by molar-refractivity contribution is 5.72. The van der Waals surface area contributed by atoms with Gasteiger partial charge >= 0.3 is 17.9 Å². The average molecular weight is 256 g/mol. The Labute approximate surface area is 105 Å². The summed E-state index contributed by atoms with van der Waals surface area (Å²) in [5.74, 6) is -1.18. The van der Waals surface area contributed by atoms with E-state index in [4.69, 9.17) is 14.2 Å². The zero-order valence-electron chi connectivity index (χ0n) is 10.4. The normalized spacial score (nSPS) is 33.8. The summed E-state index contributed by atoms with van der Waals surface area (Å²) in [6.07, 6.45) is 0.225. The van der Waals surface area contributed by atoms with Crippen LogP contribution in [0, 0.1) is 11.8 Å². The second kappa shape index (κ2) is 4.96. The van der Waals surface area contributed by atoms with Crippen LogP contribution in [-0.2, 0) is 28.6 Å². The van der Waals surface area contributed by atoms with E-state index in [0.717, 1.165) is 0 Å². The molecule has 0 aromatic heterocycles. The first-order valence-corrected chi connectivity index (χ1v) is 5.97. The van der Waals surface area contributed by atoms with Gasteiger partial charge in [-0.1, -0.05) is 0 Å². The van der Waals surface area contributed by atoms with Crippen LogP contribution in [0.5, 0.6) is 0 Å². The lowest BCUT2D eigenvalue weighted by Gasteiger charge is -2.21. The minimum Gasteiger partial charge on any atom is -0.465 e. The number of hydrogen-bond acceptors (Lipinski definition) is 6. The average Bonchev–Trinajstić information content (AvgIpc) is 2.70. The van der Waals surface area contributed by atoms with Gasteiger partial charge in [-0.3, -0.25) is 14.4 Å². The zero-order chi connectivity index (χ0) is 13.3. The van der Waals surface area contributed by atoms with Gasteiger partial charge < -0.3 is 14.2 Å². The number of carbonyl (C=O) groups is 3. The molecule has 18 heavy (non-hydrogen) atoms. The van der Waals surface area contributed by atoms with Crippen LogP contribution in [0.15, 0.2) is 0 Å². The molecule has 0 aromatic rings. The Morgan fingerprint density at radius 3 is 2.67 bits per heavy atom. The van der Waals surface area contributed by atoms with Gasteiger partial charge in [0.25, 0.3) is 0 Å². The predicted octanol–water partition coefficient (Wildman–Crippen LogP) is 0.433. The van der Waals surface area contributed by atoms with Crippen LogP contribution >= 0.6 is 0 Å². The number of ether oxygens (including phenoxy) is 3. The van der Waals surface area contributed by atoms with Crippen molar-refractivity contribution in [2.24, 2.45) is 11.8 Å². The zero-order valence-corrected chi connectivity index (χ0v) is 10.4. The van der Waals surface area contributed by atoms with Gasteiger partial charge in [-0.15, -0.1) is 0 Å². The van der Waals surface area contributed by atoms with Crippen LogP contribution in [0.3, 0.4) is 0 Å². The van der Waals surface area contributed by atoms with Crippen molar-refractivity contribution in [3.8, 4) is 0 Å². The standard InChI is InChI=1S/C12H16O6/c1-6(13)16-5-9-8-3-12(15)18-10(8)4-11(9)17-7(2)14/h8-11H,3-5H2,1-2H3/t8-,9?,10?,11?/m0/s1. The largest absolute Gasteiger partial charge is 0.465 e. The summed E-state index contributed by atoms with van der Waals surface area (Å²) in [4.78, 5) is 33.1. The van der Waals surface area contributed by atoms with Crippen molar-refractivity contribution < 1.29 is 28.6 Å². The Bertz CT molecular complexity index is 377. The molecule has 0 aromatic carbocycles. The summed E-state index contributed by atoms with van der Waals surface area (Å²) in [6, 6.07) is 0. The first-order valence-electron chi connectivity index (χ1n) is 5.97. The Kier molecular flexibility index (Phi) is 3.54. The van der Waals surface area contributed by atoms with E-state index in [0.29, 0.717) is 12.8 Å². The molecule has 6 heteroatoms. The van der Waals surface area contributed by atoms with E-state index in [2.05, 4.69) is 0 Å². The molecule has 1 aliphatic heterocycles. The third-order valence-electron chi connectivity index (χ3n) is 3.45. The minimum atomic E-state index is -0.384. The summed E-state index contributed by atoms with van der Waals surface area (Å²) in [7, 11) is 0. The van der Waals surface area contributed by atoms with Gasteiger partial charge in [-0.25, -0.2) is 0 Å². The molecule has 0 spiro atoms. The second-order valence-electron chi connectivity index (χ2n) is 4.75. The topological polar surface area (TPSA) is 78.9 Å². The third-order valence-corrected chi connectivity index (χ3v) is 3.45. The maximum Gasteiger partial charge on any atom is 0.306 e. The molecule has 1 saturated heterocycles. The Hall–Kier alpha value is -1.59. The van der Waals surface area contributed by atoms with Gasteiger partial charge in [0.15, 0.2) is 0 Å². The molecule has 2 fully saturated rings. The molecule has 2 aliphatic rings. The Morgan fingerprint density at radius 2 is 2.06 bits per heavy atom. The Morgan fingerprint density at radius 1 is 1.33 bits per heavy atom. The number of carbonyl (C=O) groups excluding carboxylic acids is 3. The van der Waals surface area contributed by atoms with E-state index in [1.165, 1.54) is 13.8 Å². The van der Waals surface area contributed by atoms with Crippen LogP contribution < -0.4 is 0 Å². The fourth-order valence-corrected chi connectivity index (χ4v) is 2.75. The molecule has 1 saturated carbocycles. The molecule has 3 unspecified atom stereocenters. The molecule has 1 heterocycles. The lowest BCUT2D eigenvalue weighted by Crippen LogP contribution is -2.29. The van der Waals surface area contributed by atoms with E-state index in [-0.39, 0.29) is 48.6 Å². The summed E-state index contributed by atoms with van der Waals surface area (Å²) >= 11 is 0. The van der Waals surface area contributed by atoms with Crippen molar-refractivity contribution in [3.63, 3.8) is 0 Å². The Balaban J connectivity index is 2.04. The molecule has 2 rings (SSSR count). The van der Waals surface area contributed by atoms with Gasteiger partial charge in [0.1, 0.15) is 12.2 Å². The molecule has 0 N–H and O–H groups in total. The molecule has 100 valence electrons. The molecule has 0 amide bonds. The first-order chi connectivity index (χ1) is 8.47. The lowest BCUT2D eigenvalue weighted by molar-refractivity contribution is -0.152. The molecular weight excluding hydrogens is 240 g/mol.